The lowest BCUT2D eigenvalue weighted by atomic mass is 10.0. The number of carboxylic acid groups (broad SMARTS) is 1. The van der Waals surface area contributed by atoms with Crippen molar-refractivity contribution in [1.82, 2.24) is 0 Å². The highest BCUT2D eigenvalue weighted by Gasteiger charge is 2.14. The normalized spacial score (nSPS) is 13.6. The van der Waals surface area contributed by atoms with Crippen LogP contribution in [0.15, 0.2) is 40.9 Å². The summed E-state index contributed by atoms with van der Waals surface area (Å²) in [5.74, 6) is 0.467. The van der Waals surface area contributed by atoms with Crippen LogP contribution in [0.4, 0.5) is 0 Å². The number of halogens is 1. The molecule has 0 aliphatic carbocycles. The topological polar surface area (TPSA) is 55.8 Å². The molecule has 3 rings (SSSR count). The average Bonchev–Trinajstić information content (AvgIpc) is 2.72. The van der Waals surface area contributed by atoms with Crippen LogP contribution in [0.1, 0.15) is 16.8 Å². The summed E-state index contributed by atoms with van der Waals surface area (Å²) < 4.78 is 11.8. The standard InChI is InChI=1S/C16H13BrO4/c17-13-4-2-10(8-12(13)16(18)19)11-3-5-14-15(9-11)21-7-1-6-20-14/h2-5,8-9H,1,6-7H2,(H,18,19). The Kier molecular flexibility index (Phi) is 3.84. The summed E-state index contributed by atoms with van der Waals surface area (Å²) in [6.07, 6.45) is 0.853. The monoisotopic (exact) mass is 348 g/mol. The number of hydrogen-bond donors (Lipinski definition) is 1. The first-order valence-corrected chi connectivity index (χ1v) is 7.37. The first-order valence-electron chi connectivity index (χ1n) is 6.58. The molecule has 2 aromatic carbocycles. The zero-order valence-corrected chi connectivity index (χ0v) is 12.7. The van der Waals surface area contributed by atoms with E-state index in [9.17, 15) is 9.90 Å². The van der Waals surface area contributed by atoms with Crippen molar-refractivity contribution in [3.63, 3.8) is 0 Å². The largest absolute Gasteiger partial charge is 0.490 e. The van der Waals surface area contributed by atoms with Gasteiger partial charge in [-0.25, -0.2) is 4.79 Å². The molecule has 0 spiro atoms. The van der Waals surface area contributed by atoms with Crippen LogP contribution in [-0.4, -0.2) is 24.3 Å². The smallest absolute Gasteiger partial charge is 0.336 e. The number of rotatable bonds is 2. The fourth-order valence-corrected chi connectivity index (χ4v) is 2.63. The first kappa shape index (κ1) is 13.9. The molecule has 0 fully saturated rings. The Hall–Kier alpha value is -2.01. The molecule has 0 saturated heterocycles. The SMILES string of the molecule is O=C(O)c1cc(-c2ccc3c(c2)OCCCO3)ccc1Br. The summed E-state index contributed by atoms with van der Waals surface area (Å²) in [7, 11) is 0. The quantitative estimate of drug-likeness (QED) is 0.891. The molecule has 1 N–H and O–H groups in total. The molecule has 4 nitrogen and oxygen atoms in total. The van der Waals surface area contributed by atoms with Gasteiger partial charge in [0.1, 0.15) is 0 Å². The molecule has 1 aliphatic heterocycles. The molecule has 0 aromatic heterocycles. The van der Waals surface area contributed by atoms with Gasteiger partial charge in [0.05, 0.1) is 18.8 Å². The average molecular weight is 349 g/mol. The second-order valence-electron chi connectivity index (χ2n) is 4.71. The molecule has 108 valence electrons. The van der Waals surface area contributed by atoms with Crippen LogP contribution in [0.25, 0.3) is 11.1 Å². The molecule has 0 radical (unpaired) electrons. The molecule has 1 aliphatic rings. The zero-order valence-electron chi connectivity index (χ0n) is 11.1. The highest BCUT2D eigenvalue weighted by atomic mass is 79.9. The maximum Gasteiger partial charge on any atom is 0.336 e. The van der Waals surface area contributed by atoms with E-state index < -0.39 is 5.97 Å². The third kappa shape index (κ3) is 2.88. The summed E-state index contributed by atoms with van der Waals surface area (Å²) >= 11 is 3.25. The van der Waals surface area contributed by atoms with Crippen molar-refractivity contribution in [2.75, 3.05) is 13.2 Å². The molecule has 0 bridgehead atoms. The van der Waals surface area contributed by atoms with E-state index in [1.807, 2.05) is 24.3 Å². The lowest BCUT2D eigenvalue weighted by Crippen LogP contribution is -1.98. The Morgan fingerprint density at radius 1 is 1.00 bits per heavy atom. The van der Waals surface area contributed by atoms with Gasteiger partial charge in [0.15, 0.2) is 11.5 Å². The van der Waals surface area contributed by atoms with Gasteiger partial charge in [0.2, 0.25) is 0 Å². The van der Waals surface area contributed by atoms with Gasteiger partial charge >= 0.3 is 5.97 Å². The van der Waals surface area contributed by atoms with Crippen LogP contribution < -0.4 is 9.47 Å². The van der Waals surface area contributed by atoms with Crippen molar-refractivity contribution in [2.24, 2.45) is 0 Å². The third-order valence-electron chi connectivity index (χ3n) is 3.28. The van der Waals surface area contributed by atoms with E-state index in [1.54, 1.807) is 12.1 Å². The Bertz CT molecular complexity index is 697. The highest BCUT2D eigenvalue weighted by Crippen LogP contribution is 2.35. The minimum Gasteiger partial charge on any atom is -0.490 e. The predicted molar refractivity (Wildman–Crippen MR) is 82.1 cm³/mol. The number of fused-ring (bicyclic) bond motifs is 1. The Morgan fingerprint density at radius 2 is 1.67 bits per heavy atom. The third-order valence-corrected chi connectivity index (χ3v) is 3.97. The molecule has 0 saturated carbocycles. The maximum atomic E-state index is 11.2. The maximum absolute atomic E-state index is 11.2. The van der Waals surface area contributed by atoms with E-state index >= 15 is 0 Å². The molecular weight excluding hydrogens is 336 g/mol. The van der Waals surface area contributed by atoms with Crippen molar-refractivity contribution in [3.05, 3.63) is 46.4 Å². The summed E-state index contributed by atoms with van der Waals surface area (Å²) in [5, 5.41) is 9.19. The van der Waals surface area contributed by atoms with E-state index in [-0.39, 0.29) is 5.56 Å². The van der Waals surface area contributed by atoms with Gasteiger partial charge in [0, 0.05) is 10.9 Å². The summed E-state index contributed by atoms with van der Waals surface area (Å²) in [6, 6.07) is 10.9. The van der Waals surface area contributed by atoms with Crippen molar-refractivity contribution in [2.45, 2.75) is 6.42 Å². The second kappa shape index (κ2) is 5.77. The van der Waals surface area contributed by atoms with Gasteiger partial charge < -0.3 is 14.6 Å². The molecular formula is C16H13BrO4. The summed E-state index contributed by atoms with van der Waals surface area (Å²) in [6.45, 7) is 1.27. The summed E-state index contributed by atoms with van der Waals surface area (Å²) in [5.41, 5.74) is 1.96. The van der Waals surface area contributed by atoms with Gasteiger partial charge in [-0.1, -0.05) is 12.1 Å². The van der Waals surface area contributed by atoms with Gasteiger partial charge in [-0.05, 0) is 51.3 Å². The van der Waals surface area contributed by atoms with Crippen molar-refractivity contribution in [3.8, 4) is 22.6 Å². The number of carboxylic acids is 1. The Balaban J connectivity index is 2.03. The fraction of sp³-hybridized carbons (Fsp3) is 0.188. The van der Waals surface area contributed by atoms with Crippen LogP contribution in [0, 0.1) is 0 Å². The lowest BCUT2D eigenvalue weighted by Gasteiger charge is -2.10. The summed E-state index contributed by atoms with van der Waals surface area (Å²) in [4.78, 5) is 11.2. The fourth-order valence-electron chi connectivity index (χ4n) is 2.21. The van der Waals surface area contributed by atoms with Gasteiger partial charge in [-0.3, -0.25) is 0 Å². The number of ether oxygens (including phenoxy) is 2. The second-order valence-corrected chi connectivity index (χ2v) is 5.57. The van der Waals surface area contributed by atoms with Crippen molar-refractivity contribution >= 4 is 21.9 Å². The molecule has 0 unspecified atom stereocenters. The minimum absolute atomic E-state index is 0.236. The molecule has 0 atom stereocenters. The molecule has 5 heteroatoms. The lowest BCUT2D eigenvalue weighted by molar-refractivity contribution is 0.0696. The van der Waals surface area contributed by atoms with E-state index in [0.717, 1.165) is 23.3 Å². The molecule has 0 amide bonds. The number of benzene rings is 2. The molecule has 1 heterocycles. The Labute approximate surface area is 130 Å². The number of carbonyl (C=O) groups is 1. The van der Waals surface area contributed by atoms with E-state index in [4.69, 9.17) is 9.47 Å². The Morgan fingerprint density at radius 3 is 2.43 bits per heavy atom. The van der Waals surface area contributed by atoms with E-state index in [1.165, 1.54) is 0 Å². The zero-order chi connectivity index (χ0) is 14.8. The van der Waals surface area contributed by atoms with Crippen LogP contribution in [0.3, 0.4) is 0 Å². The van der Waals surface area contributed by atoms with Crippen LogP contribution in [-0.2, 0) is 0 Å². The van der Waals surface area contributed by atoms with Crippen LogP contribution in [0.2, 0.25) is 0 Å². The number of aromatic carboxylic acids is 1. The van der Waals surface area contributed by atoms with E-state index in [0.29, 0.717) is 23.4 Å². The molecule has 21 heavy (non-hydrogen) atoms. The van der Waals surface area contributed by atoms with Crippen LogP contribution in [0.5, 0.6) is 11.5 Å². The van der Waals surface area contributed by atoms with Crippen molar-refractivity contribution in [1.29, 1.82) is 0 Å². The van der Waals surface area contributed by atoms with Gasteiger partial charge in [-0.15, -0.1) is 0 Å². The highest BCUT2D eigenvalue weighted by molar-refractivity contribution is 9.10. The predicted octanol–water partition coefficient (Wildman–Crippen LogP) is 3.98. The van der Waals surface area contributed by atoms with E-state index in [2.05, 4.69) is 15.9 Å². The minimum atomic E-state index is -0.960. The van der Waals surface area contributed by atoms with Gasteiger partial charge in [-0.2, -0.15) is 0 Å². The van der Waals surface area contributed by atoms with Crippen LogP contribution >= 0.6 is 15.9 Å². The number of hydrogen-bond acceptors (Lipinski definition) is 3. The molecule has 2 aromatic rings. The first-order chi connectivity index (χ1) is 10.1. The van der Waals surface area contributed by atoms with Crippen molar-refractivity contribution < 1.29 is 19.4 Å². The van der Waals surface area contributed by atoms with Gasteiger partial charge in [0.25, 0.3) is 0 Å².